The molecule has 0 saturated heterocycles. The Morgan fingerprint density at radius 1 is 1.39 bits per heavy atom. The van der Waals surface area contributed by atoms with E-state index in [-0.39, 0.29) is 10.4 Å². The van der Waals surface area contributed by atoms with Crippen LogP contribution in [-0.2, 0) is 17.5 Å². The number of hydrogen-bond acceptors (Lipinski definition) is 5. The lowest BCUT2D eigenvalue weighted by atomic mass is 9.86. The summed E-state index contributed by atoms with van der Waals surface area (Å²) in [6, 6.07) is 0. The van der Waals surface area contributed by atoms with Gasteiger partial charge >= 0.3 is 6.18 Å². The van der Waals surface area contributed by atoms with E-state index in [1.807, 2.05) is 18.4 Å². The molecule has 9 heteroatoms. The van der Waals surface area contributed by atoms with Crippen LogP contribution in [0, 0.1) is 5.41 Å². The minimum atomic E-state index is -4.45. The van der Waals surface area contributed by atoms with E-state index in [2.05, 4.69) is 15.0 Å². The van der Waals surface area contributed by atoms with Gasteiger partial charge in [0.15, 0.2) is 11.6 Å². The van der Waals surface area contributed by atoms with Crippen molar-refractivity contribution in [3.63, 3.8) is 0 Å². The fourth-order valence-corrected chi connectivity index (χ4v) is 3.24. The van der Waals surface area contributed by atoms with E-state index in [0.717, 1.165) is 23.1 Å². The van der Waals surface area contributed by atoms with Gasteiger partial charge in [-0.25, -0.2) is 9.97 Å². The topological polar surface area (TPSA) is 52.3 Å². The Labute approximate surface area is 134 Å². The Bertz CT molecular complexity index is 764. The molecule has 1 aliphatic heterocycles. The van der Waals surface area contributed by atoms with E-state index in [9.17, 15) is 13.2 Å². The first kappa shape index (κ1) is 16.0. The smallest absolute Gasteiger partial charge is 0.434 e. The molecule has 0 radical (unpaired) electrons. The van der Waals surface area contributed by atoms with Gasteiger partial charge in [0.1, 0.15) is 10.7 Å². The second-order valence-electron chi connectivity index (χ2n) is 5.62. The number of imidazole rings is 1. The molecule has 1 aliphatic rings. The molecule has 0 spiro atoms. The molecule has 0 N–H and O–H groups in total. The minimum absolute atomic E-state index is 0.228. The van der Waals surface area contributed by atoms with Gasteiger partial charge in [0.2, 0.25) is 5.95 Å². The van der Waals surface area contributed by atoms with Gasteiger partial charge in [-0.1, -0.05) is 6.92 Å². The van der Waals surface area contributed by atoms with Crippen molar-refractivity contribution in [3.05, 3.63) is 17.3 Å². The van der Waals surface area contributed by atoms with Crippen molar-refractivity contribution in [2.45, 2.75) is 33.0 Å². The summed E-state index contributed by atoms with van der Waals surface area (Å²) in [7, 11) is 1.56. The number of rotatable bonds is 2. The summed E-state index contributed by atoms with van der Waals surface area (Å²) < 4.78 is 45.2. The highest BCUT2D eigenvalue weighted by atomic mass is 32.1. The van der Waals surface area contributed by atoms with Crippen LogP contribution in [0.4, 0.5) is 19.1 Å². The average Bonchev–Trinajstić information content (AvgIpc) is 3.11. The Balaban J connectivity index is 1.98. The maximum Gasteiger partial charge on any atom is 0.434 e. The van der Waals surface area contributed by atoms with E-state index < -0.39 is 11.9 Å². The Hall–Kier alpha value is -1.90. The Kier molecular flexibility index (Phi) is 3.70. The number of aromatic nitrogens is 3. The zero-order chi connectivity index (χ0) is 16.8. The number of halogens is 3. The molecule has 0 saturated carbocycles. The molecule has 5 nitrogen and oxygen atoms in total. The van der Waals surface area contributed by atoms with Gasteiger partial charge in [-0.05, 0) is 13.3 Å². The summed E-state index contributed by atoms with van der Waals surface area (Å²) in [5, 5.41) is 1.22. The largest absolute Gasteiger partial charge is 0.484 e. The van der Waals surface area contributed by atoms with Crippen molar-refractivity contribution in [1.82, 2.24) is 14.5 Å². The molecule has 0 fully saturated rings. The summed E-state index contributed by atoms with van der Waals surface area (Å²) in [6.45, 7) is 4.67. The first-order valence-corrected chi connectivity index (χ1v) is 7.88. The predicted molar refractivity (Wildman–Crippen MR) is 80.8 cm³/mol. The van der Waals surface area contributed by atoms with Crippen molar-refractivity contribution < 1.29 is 17.9 Å². The van der Waals surface area contributed by atoms with Crippen LogP contribution >= 0.6 is 11.3 Å². The maximum atomic E-state index is 12.7. The monoisotopic (exact) mass is 344 g/mol. The van der Waals surface area contributed by atoms with E-state index in [0.29, 0.717) is 24.1 Å². The average molecular weight is 344 g/mol. The molecule has 2 aromatic rings. The molecular formula is C14H15F3N4OS. The predicted octanol–water partition coefficient (Wildman–Crippen LogP) is 4.13. The fraction of sp³-hybridized carbons (Fsp3) is 0.500. The third-order valence-electron chi connectivity index (χ3n) is 3.98. The molecule has 1 atom stereocenters. The molecule has 0 bridgehead atoms. The summed E-state index contributed by atoms with van der Waals surface area (Å²) in [5.41, 5.74) is -0.775. The van der Waals surface area contributed by atoms with Crippen molar-refractivity contribution in [3.8, 4) is 10.7 Å². The molecule has 0 aromatic carbocycles. The standard InChI is InChI=1S/C14H15F3N4OS/c1-4-13(2)7-21-5-8(18-12(21)20-11(13)22-3)10-19-9(6-23-10)14(15,16)17/h5-6H,4,7H2,1-3H3. The number of alkyl halides is 3. The number of hydrogen-bond donors (Lipinski definition) is 0. The van der Waals surface area contributed by atoms with Gasteiger partial charge in [0.05, 0.1) is 12.5 Å². The van der Waals surface area contributed by atoms with Gasteiger partial charge in [-0.2, -0.15) is 18.2 Å². The highest BCUT2D eigenvalue weighted by molar-refractivity contribution is 7.13. The van der Waals surface area contributed by atoms with Gasteiger partial charge in [0.25, 0.3) is 0 Å². The third-order valence-corrected chi connectivity index (χ3v) is 4.84. The van der Waals surface area contributed by atoms with E-state index in [1.54, 1.807) is 13.3 Å². The number of thiazole rings is 1. The first-order valence-electron chi connectivity index (χ1n) is 7.00. The molecule has 23 heavy (non-hydrogen) atoms. The SMILES string of the molecule is CCC1(C)Cn2cc(-c3nc(C(F)(F)F)cs3)nc2N=C1OC. The number of aliphatic imine (C=N–C) groups is 1. The van der Waals surface area contributed by atoms with Crippen LogP contribution in [0.25, 0.3) is 10.7 Å². The van der Waals surface area contributed by atoms with Crippen LogP contribution in [0.5, 0.6) is 0 Å². The van der Waals surface area contributed by atoms with Crippen molar-refractivity contribution in [2.24, 2.45) is 10.4 Å². The summed E-state index contributed by atoms with van der Waals surface area (Å²) in [4.78, 5) is 12.3. The van der Waals surface area contributed by atoms with E-state index in [4.69, 9.17) is 4.74 Å². The minimum Gasteiger partial charge on any atom is -0.484 e. The third kappa shape index (κ3) is 2.73. The zero-order valence-electron chi connectivity index (χ0n) is 12.8. The van der Waals surface area contributed by atoms with Crippen LogP contribution in [0.2, 0.25) is 0 Å². The van der Waals surface area contributed by atoms with Crippen LogP contribution < -0.4 is 0 Å². The van der Waals surface area contributed by atoms with Crippen LogP contribution in [-0.4, -0.2) is 27.5 Å². The van der Waals surface area contributed by atoms with E-state index in [1.165, 1.54) is 0 Å². The van der Waals surface area contributed by atoms with Crippen molar-refractivity contribution in [2.75, 3.05) is 7.11 Å². The lowest BCUT2D eigenvalue weighted by molar-refractivity contribution is -0.140. The van der Waals surface area contributed by atoms with Gasteiger partial charge < -0.3 is 9.30 Å². The normalized spacial score (nSPS) is 21.0. The molecule has 2 aromatic heterocycles. The lowest BCUT2D eigenvalue weighted by Crippen LogP contribution is -2.35. The first-order chi connectivity index (χ1) is 10.8. The number of nitrogens with zero attached hydrogens (tertiary/aromatic N) is 4. The summed E-state index contributed by atoms with van der Waals surface area (Å²) >= 11 is 0.918. The molecule has 0 aliphatic carbocycles. The Morgan fingerprint density at radius 3 is 2.70 bits per heavy atom. The van der Waals surface area contributed by atoms with Gasteiger partial charge in [0, 0.05) is 18.1 Å². The van der Waals surface area contributed by atoms with Gasteiger partial charge in [-0.3, -0.25) is 0 Å². The second-order valence-corrected chi connectivity index (χ2v) is 6.48. The van der Waals surface area contributed by atoms with Crippen LogP contribution in [0.1, 0.15) is 26.0 Å². The molecular weight excluding hydrogens is 329 g/mol. The van der Waals surface area contributed by atoms with Crippen molar-refractivity contribution in [1.29, 1.82) is 0 Å². The van der Waals surface area contributed by atoms with Crippen molar-refractivity contribution >= 4 is 23.2 Å². The molecule has 1 unspecified atom stereocenters. The van der Waals surface area contributed by atoms with Crippen LogP contribution in [0.15, 0.2) is 16.6 Å². The molecule has 3 heterocycles. The molecule has 124 valence electrons. The maximum absolute atomic E-state index is 12.7. The number of methoxy groups -OCH3 is 1. The lowest BCUT2D eigenvalue weighted by Gasteiger charge is -2.32. The molecule has 3 rings (SSSR count). The quantitative estimate of drug-likeness (QED) is 0.823. The zero-order valence-corrected chi connectivity index (χ0v) is 13.6. The van der Waals surface area contributed by atoms with Gasteiger partial charge in [-0.15, -0.1) is 11.3 Å². The highest BCUT2D eigenvalue weighted by Crippen LogP contribution is 2.37. The number of ether oxygens (including phenoxy) is 1. The molecule has 0 amide bonds. The highest BCUT2D eigenvalue weighted by Gasteiger charge is 2.37. The summed E-state index contributed by atoms with van der Waals surface area (Å²) in [5.74, 6) is 1.01. The van der Waals surface area contributed by atoms with Crippen LogP contribution in [0.3, 0.4) is 0 Å². The second kappa shape index (κ2) is 5.33. The number of fused-ring (bicyclic) bond motifs is 1. The fourth-order valence-electron chi connectivity index (χ4n) is 2.46. The van der Waals surface area contributed by atoms with E-state index >= 15 is 0 Å². The Morgan fingerprint density at radius 2 is 2.13 bits per heavy atom. The summed E-state index contributed by atoms with van der Waals surface area (Å²) in [6.07, 6.45) is -1.93.